The lowest BCUT2D eigenvalue weighted by Gasteiger charge is -2.33. The van der Waals surface area contributed by atoms with Gasteiger partial charge < -0.3 is 14.7 Å². The molecule has 48 heavy (non-hydrogen) atoms. The van der Waals surface area contributed by atoms with Crippen LogP contribution in [0.1, 0.15) is 42.0 Å². The Morgan fingerprint density at radius 1 is 0.375 bits per heavy atom. The summed E-state index contributed by atoms with van der Waals surface area (Å²) in [7, 11) is 41.9. The van der Waals surface area contributed by atoms with Gasteiger partial charge in [-0.1, -0.05) is 42.0 Å². The van der Waals surface area contributed by atoms with Gasteiger partial charge in [0.25, 0.3) is 0 Å². The first-order valence-corrected chi connectivity index (χ1v) is 17.4. The molecule has 0 aromatic rings. The van der Waals surface area contributed by atoms with E-state index in [1.807, 2.05) is 26.0 Å². The molecule has 11 heteroatoms. The number of nitrogens with zero attached hydrogens (tertiary/aromatic N) is 11. The SMILES string of the molecule is C.CC(C)C(N(C)C)N(C)C.CC(C)CN(C)C.CC(CN(C)C)CN(C)CN(C)C.CN(C)C.CN(C)CN(CN(C)C)CN(C)C. The molecule has 0 bridgehead atoms. The van der Waals surface area contributed by atoms with E-state index < -0.39 is 0 Å². The summed E-state index contributed by atoms with van der Waals surface area (Å²) in [5.74, 6) is 2.22. The molecule has 0 aliphatic rings. The van der Waals surface area contributed by atoms with Crippen molar-refractivity contribution in [3.8, 4) is 0 Å². The van der Waals surface area contributed by atoms with Gasteiger partial charge >= 0.3 is 0 Å². The molecule has 0 aliphatic carbocycles. The van der Waals surface area contributed by atoms with Gasteiger partial charge in [0.15, 0.2) is 0 Å². The highest BCUT2D eigenvalue weighted by atomic mass is 15.4. The molecule has 0 saturated carbocycles. The predicted molar refractivity (Wildman–Crippen MR) is 222 cm³/mol. The second-order valence-electron chi connectivity index (χ2n) is 16.5. The summed E-state index contributed by atoms with van der Waals surface area (Å²) in [6.45, 7) is 18.8. The predicted octanol–water partition coefficient (Wildman–Crippen LogP) is 3.59. The lowest BCUT2D eigenvalue weighted by molar-refractivity contribution is 0.0743. The van der Waals surface area contributed by atoms with E-state index in [9.17, 15) is 0 Å². The first-order chi connectivity index (χ1) is 21.1. The van der Waals surface area contributed by atoms with Gasteiger partial charge in [0.2, 0.25) is 0 Å². The van der Waals surface area contributed by atoms with Crippen LogP contribution in [0.4, 0.5) is 0 Å². The zero-order valence-electron chi connectivity index (χ0n) is 37.2. The van der Waals surface area contributed by atoms with Crippen molar-refractivity contribution in [3.05, 3.63) is 0 Å². The van der Waals surface area contributed by atoms with Crippen LogP contribution in [-0.4, -0.2) is 247 Å². The van der Waals surface area contributed by atoms with Crippen LogP contribution >= 0.6 is 0 Å². The van der Waals surface area contributed by atoms with Crippen molar-refractivity contribution in [2.45, 2.75) is 48.2 Å². The molecule has 0 heterocycles. The quantitative estimate of drug-likeness (QED) is 0.210. The highest BCUT2D eigenvalue weighted by Gasteiger charge is 2.16. The molecule has 300 valence electrons. The fourth-order valence-electron chi connectivity index (χ4n) is 5.47. The van der Waals surface area contributed by atoms with Gasteiger partial charge in [-0.2, -0.15) is 0 Å². The van der Waals surface area contributed by atoms with Crippen LogP contribution in [0.2, 0.25) is 0 Å². The molecule has 11 nitrogen and oxygen atoms in total. The molecular formula is C37H97N11. The Morgan fingerprint density at radius 2 is 0.667 bits per heavy atom. The molecule has 0 amide bonds. The molecular weight excluding hydrogens is 598 g/mol. The average Bonchev–Trinajstić information content (AvgIpc) is 2.75. The average molecular weight is 696 g/mol. The van der Waals surface area contributed by atoms with Gasteiger partial charge in [0.1, 0.15) is 0 Å². The molecule has 0 saturated heterocycles. The van der Waals surface area contributed by atoms with Crippen LogP contribution in [0, 0.1) is 17.8 Å². The first kappa shape index (κ1) is 59.7. The fourth-order valence-corrected chi connectivity index (χ4v) is 5.47. The van der Waals surface area contributed by atoms with Gasteiger partial charge in [-0.25, -0.2) is 0 Å². The third-order valence-electron chi connectivity index (χ3n) is 5.66. The van der Waals surface area contributed by atoms with E-state index in [1.165, 1.54) is 6.54 Å². The summed E-state index contributed by atoms with van der Waals surface area (Å²) in [5.41, 5.74) is 0. The maximum atomic E-state index is 2.38. The van der Waals surface area contributed by atoms with Gasteiger partial charge in [-0.15, -0.1) is 0 Å². The summed E-state index contributed by atoms with van der Waals surface area (Å²) in [5, 5.41) is 0. The van der Waals surface area contributed by atoms with Gasteiger partial charge in [0.05, 0.1) is 26.2 Å². The minimum atomic E-state index is 0. The van der Waals surface area contributed by atoms with Crippen LogP contribution < -0.4 is 0 Å². The summed E-state index contributed by atoms with van der Waals surface area (Å²) in [4.78, 5) is 24.4. The number of hydrogen-bond acceptors (Lipinski definition) is 11. The Bertz CT molecular complexity index is 543. The highest BCUT2D eigenvalue weighted by Crippen LogP contribution is 2.08. The summed E-state index contributed by atoms with van der Waals surface area (Å²) >= 11 is 0. The van der Waals surface area contributed by atoms with Crippen LogP contribution in [0.5, 0.6) is 0 Å². The molecule has 0 fully saturated rings. The van der Waals surface area contributed by atoms with Gasteiger partial charge in [0, 0.05) is 19.8 Å². The molecule has 0 N–H and O–H groups in total. The second-order valence-corrected chi connectivity index (χ2v) is 16.5. The zero-order chi connectivity index (χ0) is 38.6. The Balaban J connectivity index is -0.000000119. The molecule has 0 aliphatic heterocycles. The highest BCUT2D eigenvalue weighted by molar-refractivity contribution is 4.66. The normalized spacial score (nSPS) is 12.3. The standard InChI is InChI=1S/C10H25N3.C9H24N4.C8H20N2.C6H15N.C3H9N.CH4/c1-10(7-11(2)3)8-13(6)9-12(4)5;1-10(2)7-13(8-11(3)4)9-12(5)6;1-7(2)8(9(3)4)10(5)6;1-6(2)5-7(3)4;1-4(2)3;/h10H,7-9H2,1-6H3;7-9H2,1-6H3;7-8H,1-6H3;6H,5H2,1-4H3;1-3H3;1H4. The van der Waals surface area contributed by atoms with Crippen molar-refractivity contribution in [2.75, 3.05) is 187 Å². The van der Waals surface area contributed by atoms with Crippen molar-refractivity contribution >= 4 is 0 Å². The van der Waals surface area contributed by atoms with E-state index in [-0.39, 0.29) is 7.43 Å². The smallest absolute Gasteiger partial charge is 0.0636 e. The van der Waals surface area contributed by atoms with Crippen molar-refractivity contribution in [3.63, 3.8) is 0 Å². The van der Waals surface area contributed by atoms with Crippen LogP contribution in [0.3, 0.4) is 0 Å². The zero-order valence-corrected chi connectivity index (χ0v) is 37.2. The maximum absolute atomic E-state index is 2.38. The molecule has 1 atom stereocenters. The van der Waals surface area contributed by atoms with Gasteiger partial charge in [-0.3, -0.25) is 39.2 Å². The minimum absolute atomic E-state index is 0. The van der Waals surface area contributed by atoms with Crippen molar-refractivity contribution in [2.24, 2.45) is 17.8 Å². The summed E-state index contributed by atoms with van der Waals surface area (Å²) in [6, 6.07) is 0. The molecule has 1 unspecified atom stereocenters. The van der Waals surface area contributed by atoms with Crippen molar-refractivity contribution in [1.82, 2.24) is 53.9 Å². The number of rotatable bonds is 17. The van der Waals surface area contributed by atoms with Gasteiger partial charge in [-0.05, 0) is 165 Å². The van der Waals surface area contributed by atoms with Crippen molar-refractivity contribution < 1.29 is 0 Å². The lowest BCUT2D eigenvalue weighted by atomic mass is 10.1. The number of hydrogen-bond donors (Lipinski definition) is 0. The molecule has 0 aromatic heterocycles. The molecule has 0 aromatic carbocycles. The Hall–Kier alpha value is -0.440. The van der Waals surface area contributed by atoms with Crippen molar-refractivity contribution in [1.29, 1.82) is 0 Å². The van der Waals surface area contributed by atoms with Crippen LogP contribution in [0.15, 0.2) is 0 Å². The largest absolute Gasteiger partial charge is 0.312 e. The van der Waals surface area contributed by atoms with E-state index in [2.05, 4.69) is 203 Å². The topological polar surface area (TPSA) is 35.6 Å². The fraction of sp³-hybridized carbons (Fsp3) is 1.00. The monoisotopic (exact) mass is 696 g/mol. The molecule has 0 rings (SSSR count). The van der Waals surface area contributed by atoms with E-state index >= 15 is 0 Å². The Kier molecular flexibility index (Phi) is 45.2. The third kappa shape index (κ3) is 57.8. The lowest BCUT2D eigenvalue weighted by Crippen LogP contribution is -2.44. The summed E-state index contributed by atoms with van der Waals surface area (Å²) in [6.07, 6.45) is 0.556. The maximum Gasteiger partial charge on any atom is 0.0636 e. The van der Waals surface area contributed by atoms with E-state index in [4.69, 9.17) is 0 Å². The molecule has 0 spiro atoms. The van der Waals surface area contributed by atoms with E-state index in [0.717, 1.165) is 51.6 Å². The second kappa shape index (κ2) is 36.4. The summed E-state index contributed by atoms with van der Waals surface area (Å²) < 4.78 is 0. The van der Waals surface area contributed by atoms with E-state index in [1.54, 1.807) is 0 Å². The Morgan fingerprint density at radius 3 is 0.812 bits per heavy atom. The third-order valence-corrected chi connectivity index (χ3v) is 5.66. The molecule has 0 radical (unpaired) electrons. The van der Waals surface area contributed by atoms with E-state index in [0.29, 0.717) is 12.1 Å². The van der Waals surface area contributed by atoms with Crippen LogP contribution in [0.25, 0.3) is 0 Å². The van der Waals surface area contributed by atoms with Crippen LogP contribution in [-0.2, 0) is 0 Å². The minimum Gasteiger partial charge on any atom is -0.312 e. The Labute approximate surface area is 306 Å². The first-order valence-electron chi connectivity index (χ1n) is 17.4.